The Morgan fingerprint density at radius 3 is 2.35 bits per heavy atom. The second-order valence-electron chi connectivity index (χ2n) is 6.64. The molecule has 0 saturated heterocycles. The van der Waals surface area contributed by atoms with Gasteiger partial charge in [-0.25, -0.2) is 13.6 Å². The molecule has 0 spiro atoms. The van der Waals surface area contributed by atoms with Crippen molar-refractivity contribution in [1.29, 1.82) is 0 Å². The molecule has 26 heavy (non-hydrogen) atoms. The molecule has 0 heterocycles. The molecule has 0 atom stereocenters. The van der Waals surface area contributed by atoms with Gasteiger partial charge >= 0.3 is 6.09 Å². The minimum Gasteiger partial charge on any atom is -0.444 e. The summed E-state index contributed by atoms with van der Waals surface area (Å²) in [6.45, 7) is 5.05. The van der Waals surface area contributed by atoms with Crippen molar-refractivity contribution in [3.8, 4) is 0 Å². The topological polar surface area (TPSA) is 67.4 Å². The molecule has 5 nitrogen and oxygen atoms in total. The first kappa shape index (κ1) is 19.4. The van der Waals surface area contributed by atoms with Crippen LogP contribution in [0.25, 0.3) is 0 Å². The molecule has 0 aliphatic rings. The first-order valence-corrected chi connectivity index (χ1v) is 7.97. The molecule has 0 aliphatic carbocycles. The van der Waals surface area contributed by atoms with Gasteiger partial charge in [0.05, 0.1) is 12.1 Å². The highest BCUT2D eigenvalue weighted by atomic mass is 19.1. The highest BCUT2D eigenvalue weighted by Crippen LogP contribution is 2.21. The quantitative estimate of drug-likeness (QED) is 0.842. The maximum Gasteiger partial charge on any atom is 0.412 e. The van der Waals surface area contributed by atoms with Crippen molar-refractivity contribution < 1.29 is 23.1 Å². The van der Waals surface area contributed by atoms with Gasteiger partial charge in [-0.15, -0.1) is 0 Å². The molecule has 2 N–H and O–H groups in total. The Labute approximate surface area is 150 Å². The van der Waals surface area contributed by atoms with Gasteiger partial charge in [0.25, 0.3) is 0 Å². The second kappa shape index (κ2) is 7.95. The molecule has 0 aliphatic heterocycles. The van der Waals surface area contributed by atoms with Crippen LogP contribution in [0, 0.1) is 11.6 Å². The highest BCUT2D eigenvalue weighted by Gasteiger charge is 2.18. The summed E-state index contributed by atoms with van der Waals surface area (Å²) in [6, 6.07) is 9.65. The van der Waals surface area contributed by atoms with E-state index in [1.807, 2.05) is 0 Å². The van der Waals surface area contributed by atoms with E-state index in [2.05, 4.69) is 10.6 Å². The summed E-state index contributed by atoms with van der Waals surface area (Å²) in [4.78, 5) is 23.8. The summed E-state index contributed by atoms with van der Waals surface area (Å²) in [5, 5.41) is 4.83. The highest BCUT2D eigenvalue weighted by molar-refractivity contribution is 5.93. The van der Waals surface area contributed by atoms with E-state index < -0.39 is 29.2 Å². The number of carbonyl (C=O) groups excluding carboxylic acids is 2. The van der Waals surface area contributed by atoms with Gasteiger partial charge in [0.2, 0.25) is 5.91 Å². The predicted molar refractivity (Wildman–Crippen MR) is 95.0 cm³/mol. The Hall–Kier alpha value is -2.96. The number of anilines is 2. The number of rotatable bonds is 4. The van der Waals surface area contributed by atoms with Crippen LogP contribution in [0.2, 0.25) is 0 Å². The van der Waals surface area contributed by atoms with E-state index >= 15 is 0 Å². The molecule has 2 aromatic carbocycles. The van der Waals surface area contributed by atoms with Gasteiger partial charge in [0.1, 0.15) is 17.2 Å². The molecular weight excluding hydrogens is 342 g/mol. The zero-order valence-electron chi connectivity index (χ0n) is 14.7. The fraction of sp³-hybridized carbons (Fsp3) is 0.263. The Morgan fingerprint density at radius 2 is 1.69 bits per heavy atom. The lowest BCUT2D eigenvalue weighted by atomic mass is 10.1. The molecule has 2 aromatic rings. The minimum absolute atomic E-state index is 0.136. The van der Waals surface area contributed by atoms with E-state index in [0.717, 1.165) is 6.07 Å². The van der Waals surface area contributed by atoms with Crippen LogP contribution in [0.4, 0.5) is 25.0 Å². The predicted octanol–water partition coefficient (Wildman–Crippen LogP) is 4.49. The van der Waals surface area contributed by atoms with Crippen LogP contribution in [-0.2, 0) is 16.0 Å². The average molecular weight is 362 g/mol. The number of hydrogen-bond acceptors (Lipinski definition) is 3. The SMILES string of the molecule is CC(C)(C)OC(=O)Nc1cc(NC(=O)Cc2ccccc2F)ccc1F. The third-order valence-electron chi connectivity index (χ3n) is 3.19. The van der Waals surface area contributed by atoms with Crippen molar-refractivity contribution >= 4 is 23.4 Å². The van der Waals surface area contributed by atoms with Crippen LogP contribution in [0.15, 0.2) is 42.5 Å². The van der Waals surface area contributed by atoms with Crippen molar-refractivity contribution in [3.05, 3.63) is 59.7 Å². The van der Waals surface area contributed by atoms with Crippen LogP contribution in [0.1, 0.15) is 26.3 Å². The van der Waals surface area contributed by atoms with Crippen molar-refractivity contribution in [2.24, 2.45) is 0 Å². The normalized spacial score (nSPS) is 11.0. The molecule has 0 bridgehead atoms. The summed E-state index contributed by atoms with van der Waals surface area (Å²) < 4.78 is 32.5. The van der Waals surface area contributed by atoms with Gasteiger partial charge in [-0.2, -0.15) is 0 Å². The number of carbonyl (C=O) groups is 2. The fourth-order valence-electron chi connectivity index (χ4n) is 2.13. The van der Waals surface area contributed by atoms with E-state index in [-0.39, 0.29) is 23.4 Å². The second-order valence-corrected chi connectivity index (χ2v) is 6.64. The van der Waals surface area contributed by atoms with Gasteiger partial charge in [0, 0.05) is 5.69 Å². The molecule has 0 unspecified atom stereocenters. The molecule has 0 fully saturated rings. The summed E-state index contributed by atoms with van der Waals surface area (Å²) in [5.74, 6) is -1.62. The van der Waals surface area contributed by atoms with Crippen molar-refractivity contribution in [3.63, 3.8) is 0 Å². The first-order valence-electron chi connectivity index (χ1n) is 7.97. The number of amides is 2. The summed E-state index contributed by atoms with van der Waals surface area (Å²) in [6.07, 6.45) is -0.981. The molecule has 0 saturated carbocycles. The standard InChI is InChI=1S/C19H20F2N2O3/c1-19(2,3)26-18(25)23-16-11-13(8-9-15(16)21)22-17(24)10-12-6-4-5-7-14(12)20/h4-9,11H,10H2,1-3H3,(H,22,24)(H,23,25). The molecule has 138 valence electrons. The minimum atomic E-state index is -0.814. The maximum absolute atomic E-state index is 13.9. The van der Waals surface area contributed by atoms with Gasteiger partial charge in [-0.1, -0.05) is 18.2 Å². The van der Waals surface area contributed by atoms with Crippen molar-refractivity contribution in [2.75, 3.05) is 10.6 Å². The fourth-order valence-corrected chi connectivity index (χ4v) is 2.13. The van der Waals surface area contributed by atoms with Gasteiger partial charge in [-0.05, 0) is 50.6 Å². The lowest BCUT2D eigenvalue weighted by molar-refractivity contribution is -0.115. The van der Waals surface area contributed by atoms with Gasteiger partial charge in [-0.3, -0.25) is 10.1 Å². The Morgan fingerprint density at radius 1 is 1.00 bits per heavy atom. The van der Waals surface area contributed by atoms with Crippen molar-refractivity contribution in [1.82, 2.24) is 0 Å². The van der Waals surface area contributed by atoms with Gasteiger partial charge < -0.3 is 10.1 Å². The van der Waals surface area contributed by atoms with E-state index in [1.54, 1.807) is 26.8 Å². The zero-order chi connectivity index (χ0) is 19.3. The maximum atomic E-state index is 13.9. The third kappa shape index (κ3) is 5.84. The van der Waals surface area contributed by atoms with Crippen LogP contribution in [-0.4, -0.2) is 17.6 Å². The lowest BCUT2D eigenvalue weighted by Gasteiger charge is -2.20. The van der Waals surface area contributed by atoms with Crippen LogP contribution < -0.4 is 10.6 Å². The molecule has 2 amide bonds. The monoisotopic (exact) mass is 362 g/mol. The summed E-state index contributed by atoms with van der Waals surface area (Å²) >= 11 is 0. The van der Waals surface area contributed by atoms with E-state index in [0.29, 0.717) is 0 Å². The number of nitrogens with one attached hydrogen (secondary N) is 2. The third-order valence-corrected chi connectivity index (χ3v) is 3.19. The zero-order valence-corrected chi connectivity index (χ0v) is 14.7. The number of hydrogen-bond donors (Lipinski definition) is 2. The molecule has 7 heteroatoms. The largest absolute Gasteiger partial charge is 0.444 e. The van der Waals surface area contributed by atoms with Gasteiger partial charge in [0.15, 0.2) is 0 Å². The summed E-state index contributed by atoms with van der Waals surface area (Å²) in [5.41, 5.74) is -0.354. The van der Waals surface area contributed by atoms with Crippen LogP contribution in [0.5, 0.6) is 0 Å². The Kier molecular flexibility index (Phi) is 5.92. The first-order chi connectivity index (χ1) is 12.1. The summed E-state index contributed by atoms with van der Waals surface area (Å²) in [7, 11) is 0. The molecular formula is C19H20F2N2O3. The smallest absolute Gasteiger partial charge is 0.412 e. The molecule has 0 aromatic heterocycles. The average Bonchev–Trinajstić information content (AvgIpc) is 2.51. The van der Waals surface area contributed by atoms with Crippen LogP contribution in [0.3, 0.4) is 0 Å². The Bertz CT molecular complexity index is 817. The van der Waals surface area contributed by atoms with E-state index in [9.17, 15) is 18.4 Å². The lowest BCUT2D eigenvalue weighted by Crippen LogP contribution is -2.27. The number of ether oxygens (including phenoxy) is 1. The number of benzene rings is 2. The number of halogens is 2. The Balaban J connectivity index is 2.05. The molecule has 2 rings (SSSR count). The molecule has 0 radical (unpaired) electrons. The van der Waals surface area contributed by atoms with Crippen molar-refractivity contribution in [2.45, 2.75) is 32.8 Å². The van der Waals surface area contributed by atoms with Crippen LogP contribution >= 0.6 is 0 Å². The van der Waals surface area contributed by atoms with E-state index in [4.69, 9.17) is 4.74 Å². The van der Waals surface area contributed by atoms with E-state index in [1.165, 1.54) is 30.3 Å².